The Morgan fingerprint density at radius 1 is 1.26 bits per heavy atom. The highest BCUT2D eigenvalue weighted by Gasteiger charge is 2.34. The van der Waals surface area contributed by atoms with Crippen LogP contribution in [0.25, 0.3) is 0 Å². The Balaban J connectivity index is 2.68. The molecule has 3 nitrogen and oxygen atoms in total. The minimum Gasteiger partial charge on any atom is -0.478 e. The lowest BCUT2D eigenvalue weighted by molar-refractivity contribution is -0.131. The van der Waals surface area contributed by atoms with Gasteiger partial charge in [0.2, 0.25) is 0 Å². The number of methoxy groups -OCH3 is 1. The Morgan fingerprint density at radius 2 is 1.89 bits per heavy atom. The minimum atomic E-state index is -0.918. The number of hydrogen-bond acceptors (Lipinski definition) is 2. The smallest absolute Gasteiger partial charge is 0.328 e. The Kier molecular flexibility index (Phi) is 6.29. The Labute approximate surface area is 116 Å². The number of aliphatic carboxylic acids is 1. The van der Waals surface area contributed by atoms with Crippen molar-refractivity contribution < 1.29 is 14.6 Å². The first kappa shape index (κ1) is 16.0. The average molecular weight is 266 g/mol. The number of carboxylic acids is 1. The van der Waals surface area contributed by atoms with Crippen molar-refractivity contribution in [3.8, 4) is 0 Å². The van der Waals surface area contributed by atoms with Crippen molar-refractivity contribution in [1.82, 2.24) is 0 Å². The lowest BCUT2D eigenvalue weighted by Gasteiger charge is -2.38. The van der Waals surface area contributed by atoms with Crippen LogP contribution in [0.4, 0.5) is 0 Å². The molecule has 1 aliphatic rings. The molecular weight excluding hydrogens is 240 g/mol. The number of carboxylic acid groups (broad SMARTS) is 1. The maximum absolute atomic E-state index is 10.4. The van der Waals surface area contributed by atoms with Gasteiger partial charge in [0, 0.05) is 18.6 Å². The van der Waals surface area contributed by atoms with Gasteiger partial charge in [0.05, 0.1) is 6.10 Å². The molecule has 3 heteroatoms. The second kappa shape index (κ2) is 7.49. The van der Waals surface area contributed by atoms with Crippen LogP contribution in [0.15, 0.2) is 24.3 Å². The van der Waals surface area contributed by atoms with E-state index in [1.807, 2.05) is 6.08 Å². The van der Waals surface area contributed by atoms with Crippen molar-refractivity contribution in [2.75, 3.05) is 7.11 Å². The number of carbonyl (C=O) groups is 1. The quantitative estimate of drug-likeness (QED) is 0.587. The first-order valence-electron chi connectivity index (χ1n) is 7.09. The van der Waals surface area contributed by atoms with Gasteiger partial charge >= 0.3 is 5.97 Å². The fourth-order valence-electron chi connectivity index (χ4n) is 3.08. The molecule has 108 valence electrons. The van der Waals surface area contributed by atoms with Crippen LogP contribution in [0.3, 0.4) is 0 Å². The van der Waals surface area contributed by atoms with Gasteiger partial charge in [-0.25, -0.2) is 4.79 Å². The third-order valence-corrected chi connectivity index (χ3v) is 3.94. The zero-order chi connectivity index (χ0) is 14.3. The molecule has 0 heterocycles. The van der Waals surface area contributed by atoms with Gasteiger partial charge < -0.3 is 9.84 Å². The second-order valence-corrected chi connectivity index (χ2v) is 5.93. The van der Waals surface area contributed by atoms with Gasteiger partial charge in [0.15, 0.2) is 0 Å². The molecule has 1 atom stereocenters. The molecule has 0 bridgehead atoms. The van der Waals surface area contributed by atoms with Crippen molar-refractivity contribution in [2.45, 2.75) is 52.1 Å². The Bertz CT molecular complexity index is 336. The molecule has 1 saturated carbocycles. The molecule has 0 spiro atoms. The van der Waals surface area contributed by atoms with E-state index in [9.17, 15) is 4.79 Å². The van der Waals surface area contributed by atoms with E-state index in [1.54, 1.807) is 13.2 Å². The zero-order valence-electron chi connectivity index (χ0n) is 12.3. The zero-order valence-corrected chi connectivity index (χ0v) is 12.3. The summed E-state index contributed by atoms with van der Waals surface area (Å²) in [7, 11) is 1.78. The highest BCUT2D eigenvalue weighted by Crippen LogP contribution is 2.37. The van der Waals surface area contributed by atoms with E-state index >= 15 is 0 Å². The van der Waals surface area contributed by atoms with Crippen molar-refractivity contribution in [1.29, 1.82) is 0 Å². The van der Waals surface area contributed by atoms with Crippen molar-refractivity contribution in [2.24, 2.45) is 11.3 Å². The molecule has 1 rings (SSSR count). The van der Waals surface area contributed by atoms with Crippen LogP contribution in [0.1, 0.15) is 46.0 Å². The largest absolute Gasteiger partial charge is 0.478 e. The fourth-order valence-corrected chi connectivity index (χ4v) is 3.08. The van der Waals surface area contributed by atoms with E-state index in [0.29, 0.717) is 5.92 Å². The number of rotatable bonds is 6. The molecule has 0 aliphatic heterocycles. The van der Waals surface area contributed by atoms with Crippen molar-refractivity contribution in [3.63, 3.8) is 0 Å². The predicted molar refractivity (Wildman–Crippen MR) is 77.1 cm³/mol. The fraction of sp³-hybridized carbons (Fsp3) is 0.688. The van der Waals surface area contributed by atoms with Crippen LogP contribution in [0, 0.1) is 11.3 Å². The third kappa shape index (κ3) is 5.19. The third-order valence-electron chi connectivity index (χ3n) is 3.94. The number of hydrogen-bond donors (Lipinski definition) is 1. The molecule has 0 aromatic rings. The summed E-state index contributed by atoms with van der Waals surface area (Å²) in [6.07, 6.45) is 13.2. The van der Waals surface area contributed by atoms with Gasteiger partial charge in [-0.05, 0) is 18.8 Å². The van der Waals surface area contributed by atoms with Gasteiger partial charge in [0.25, 0.3) is 0 Å². The first-order chi connectivity index (χ1) is 8.97. The molecule has 1 aliphatic carbocycles. The van der Waals surface area contributed by atoms with Crippen LogP contribution in [-0.2, 0) is 9.53 Å². The molecule has 0 saturated heterocycles. The van der Waals surface area contributed by atoms with E-state index in [1.165, 1.54) is 32.1 Å². The summed E-state index contributed by atoms with van der Waals surface area (Å²) in [5.41, 5.74) is -0.0837. The summed E-state index contributed by atoms with van der Waals surface area (Å²) in [6, 6.07) is 0. The summed E-state index contributed by atoms with van der Waals surface area (Å²) in [5, 5.41) is 8.56. The first-order valence-corrected chi connectivity index (χ1v) is 7.09. The summed E-state index contributed by atoms with van der Waals surface area (Å²) in [6.45, 7) is 4.31. The summed E-state index contributed by atoms with van der Waals surface area (Å²) >= 11 is 0. The lowest BCUT2D eigenvalue weighted by atomic mass is 9.73. The topological polar surface area (TPSA) is 46.5 Å². The minimum absolute atomic E-state index is 0.0837. The number of ether oxygens (including phenoxy) is 1. The maximum atomic E-state index is 10.4. The highest BCUT2D eigenvalue weighted by atomic mass is 16.5. The van der Waals surface area contributed by atoms with Crippen LogP contribution in [-0.4, -0.2) is 24.3 Å². The van der Waals surface area contributed by atoms with Crippen LogP contribution < -0.4 is 0 Å². The molecule has 1 N–H and O–H groups in total. The maximum Gasteiger partial charge on any atom is 0.328 e. The van der Waals surface area contributed by atoms with E-state index in [2.05, 4.69) is 19.9 Å². The Morgan fingerprint density at radius 3 is 2.42 bits per heavy atom. The van der Waals surface area contributed by atoms with Crippen LogP contribution in [0.2, 0.25) is 0 Å². The molecule has 1 unspecified atom stereocenters. The second-order valence-electron chi connectivity index (χ2n) is 5.93. The van der Waals surface area contributed by atoms with E-state index in [0.717, 1.165) is 6.08 Å². The molecule has 0 radical (unpaired) electrons. The van der Waals surface area contributed by atoms with Gasteiger partial charge in [-0.1, -0.05) is 51.3 Å². The van der Waals surface area contributed by atoms with E-state index in [4.69, 9.17) is 9.84 Å². The number of allylic oxidation sites excluding steroid dienone is 2. The monoisotopic (exact) mass is 266 g/mol. The summed E-state index contributed by atoms with van der Waals surface area (Å²) in [4.78, 5) is 10.4. The SMILES string of the molecule is COC(C1CCCCC1)C(C)(C)/C=C/C=C/C(=O)O. The standard InChI is InChI=1S/C16H26O3/c1-16(2,12-8-7-11-14(17)18)15(19-3)13-9-5-4-6-10-13/h7-8,11-13,15H,4-6,9-10H2,1-3H3,(H,17,18)/b11-7+,12-8+. The predicted octanol–water partition coefficient (Wildman–Crippen LogP) is 3.80. The van der Waals surface area contributed by atoms with Crippen molar-refractivity contribution >= 4 is 5.97 Å². The lowest BCUT2D eigenvalue weighted by Crippen LogP contribution is -2.37. The average Bonchev–Trinajstić information content (AvgIpc) is 2.36. The molecule has 1 fully saturated rings. The van der Waals surface area contributed by atoms with Crippen molar-refractivity contribution in [3.05, 3.63) is 24.3 Å². The van der Waals surface area contributed by atoms with E-state index in [-0.39, 0.29) is 11.5 Å². The van der Waals surface area contributed by atoms with Gasteiger partial charge in [0.1, 0.15) is 0 Å². The summed E-state index contributed by atoms with van der Waals surface area (Å²) in [5.74, 6) is -0.306. The molecule has 19 heavy (non-hydrogen) atoms. The molecule has 0 aromatic carbocycles. The van der Waals surface area contributed by atoms with Crippen LogP contribution in [0.5, 0.6) is 0 Å². The van der Waals surface area contributed by atoms with Gasteiger partial charge in [-0.15, -0.1) is 0 Å². The van der Waals surface area contributed by atoms with Crippen LogP contribution >= 0.6 is 0 Å². The Hall–Kier alpha value is -1.09. The molecule has 0 aromatic heterocycles. The highest BCUT2D eigenvalue weighted by molar-refractivity contribution is 5.80. The normalized spacial score (nSPS) is 20.2. The summed E-state index contributed by atoms with van der Waals surface area (Å²) < 4.78 is 5.74. The van der Waals surface area contributed by atoms with E-state index < -0.39 is 5.97 Å². The molecular formula is C16H26O3. The van der Waals surface area contributed by atoms with Gasteiger partial charge in [-0.2, -0.15) is 0 Å². The van der Waals surface area contributed by atoms with Gasteiger partial charge in [-0.3, -0.25) is 0 Å². The molecule has 0 amide bonds.